The second-order valence-corrected chi connectivity index (χ2v) is 4.46. The van der Waals surface area contributed by atoms with E-state index in [2.05, 4.69) is 5.32 Å². The van der Waals surface area contributed by atoms with Crippen LogP contribution in [0.25, 0.3) is 0 Å². The maximum Gasteiger partial charge on any atom is 0.165 e. The molecule has 0 amide bonds. The first-order valence-electron chi connectivity index (χ1n) is 6.87. The van der Waals surface area contributed by atoms with Crippen molar-refractivity contribution >= 4 is 0 Å². The highest BCUT2D eigenvalue weighted by Crippen LogP contribution is 2.17. The van der Waals surface area contributed by atoms with Gasteiger partial charge in [0.25, 0.3) is 0 Å². The van der Waals surface area contributed by atoms with Crippen LogP contribution < -0.4 is 10.1 Å². The summed E-state index contributed by atoms with van der Waals surface area (Å²) in [4.78, 5) is 0. The van der Waals surface area contributed by atoms with E-state index >= 15 is 0 Å². The summed E-state index contributed by atoms with van der Waals surface area (Å²) < 4.78 is 28.6. The Labute approximate surface area is 120 Å². The van der Waals surface area contributed by atoms with E-state index < -0.39 is 0 Å². The van der Waals surface area contributed by atoms with Crippen LogP contribution in [0.3, 0.4) is 0 Å². The van der Waals surface area contributed by atoms with E-state index in [4.69, 9.17) is 14.2 Å². The second kappa shape index (κ2) is 10.6. The molecule has 0 saturated heterocycles. The molecule has 0 aliphatic heterocycles. The molecule has 0 saturated carbocycles. The summed E-state index contributed by atoms with van der Waals surface area (Å²) >= 11 is 0. The van der Waals surface area contributed by atoms with Crippen molar-refractivity contribution in [3.63, 3.8) is 0 Å². The standard InChI is InChI=1S/C15H24FNO3/c1-18-9-10-20-8-4-3-7-17-12-13-5-6-15(19-2)14(16)11-13/h5-6,11,17H,3-4,7-10,12H2,1-2H3. The molecule has 4 nitrogen and oxygen atoms in total. The predicted octanol–water partition coefficient (Wildman–Crippen LogP) is 2.37. The topological polar surface area (TPSA) is 39.7 Å². The average molecular weight is 285 g/mol. The van der Waals surface area contributed by atoms with Gasteiger partial charge < -0.3 is 19.5 Å². The van der Waals surface area contributed by atoms with E-state index in [1.165, 1.54) is 13.2 Å². The van der Waals surface area contributed by atoms with Crippen LogP contribution in [0.2, 0.25) is 0 Å². The van der Waals surface area contributed by atoms with Gasteiger partial charge >= 0.3 is 0 Å². The van der Waals surface area contributed by atoms with Crippen molar-refractivity contribution in [1.29, 1.82) is 0 Å². The zero-order chi connectivity index (χ0) is 14.6. The normalized spacial score (nSPS) is 10.8. The first kappa shape index (κ1) is 16.9. The Bertz CT molecular complexity index is 374. The van der Waals surface area contributed by atoms with Gasteiger partial charge in [-0.15, -0.1) is 0 Å². The minimum absolute atomic E-state index is 0.280. The van der Waals surface area contributed by atoms with Gasteiger partial charge in [-0.25, -0.2) is 4.39 Å². The summed E-state index contributed by atoms with van der Waals surface area (Å²) in [5.41, 5.74) is 0.916. The number of halogens is 1. The molecule has 0 aliphatic rings. The number of hydrogen-bond acceptors (Lipinski definition) is 4. The van der Waals surface area contributed by atoms with E-state index in [9.17, 15) is 4.39 Å². The minimum atomic E-state index is -0.321. The Morgan fingerprint density at radius 1 is 1.10 bits per heavy atom. The summed E-state index contributed by atoms with van der Waals surface area (Å²) in [5, 5.41) is 3.28. The van der Waals surface area contributed by atoms with E-state index in [1.54, 1.807) is 13.2 Å². The van der Waals surface area contributed by atoms with Gasteiger partial charge in [-0.2, -0.15) is 0 Å². The van der Waals surface area contributed by atoms with Crippen molar-refractivity contribution in [1.82, 2.24) is 5.32 Å². The van der Waals surface area contributed by atoms with Gasteiger partial charge in [0.1, 0.15) is 0 Å². The fraction of sp³-hybridized carbons (Fsp3) is 0.600. The highest BCUT2D eigenvalue weighted by atomic mass is 19.1. The molecule has 0 bridgehead atoms. The molecule has 0 atom stereocenters. The number of hydrogen-bond donors (Lipinski definition) is 1. The number of unbranched alkanes of at least 4 members (excludes halogenated alkanes) is 1. The molecule has 0 radical (unpaired) electrons. The largest absolute Gasteiger partial charge is 0.494 e. The third kappa shape index (κ3) is 6.84. The number of methoxy groups -OCH3 is 2. The zero-order valence-corrected chi connectivity index (χ0v) is 12.3. The molecule has 0 aromatic heterocycles. The first-order chi connectivity index (χ1) is 9.77. The summed E-state index contributed by atoms with van der Waals surface area (Å²) in [5.74, 6) is -0.0414. The summed E-state index contributed by atoms with van der Waals surface area (Å²) in [6.45, 7) is 3.59. The fourth-order valence-electron chi connectivity index (χ4n) is 1.75. The van der Waals surface area contributed by atoms with Gasteiger partial charge in [0, 0.05) is 20.3 Å². The summed E-state index contributed by atoms with van der Waals surface area (Å²) in [6, 6.07) is 5.01. The van der Waals surface area contributed by atoms with E-state index in [0.717, 1.165) is 31.6 Å². The molecule has 0 fully saturated rings. The number of ether oxygens (including phenoxy) is 3. The lowest BCUT2D eigenvalue weighted by atomic mass is 10.2. The van der Waals surface area contributed by atoms with Crippen LogP contribution in [0.5, 0.6) is 5.75 Å². The lowest BCUT2D eigenvalue weighted by Crippen LogP contribution is -2.15. The third-order valence-electron chi connectivity index (χ3n) is 2.87. The van der Waals surface area contributed by atoms with Crippen molar-refractivity contribution in [2.45, 2.75) is 19.4 Å². The Hall–Kier alpha value is -1.17. The van der Waals surface area contributed by atoms with Gasteiger partial charge in [-0.3, -0.25) is 0 Å². The molecule has 1 aromatic carbocycles. The van der Waals surface area contributed by atoms with Crippen LogP contribution in [0.1, 0.15) is 18.4 Å². The lowest BCUT2D eigenvalue weighted by Gasteiger charge is -2.07. The fourth-order valence-corrected chi connectivity index (χ4v) is 1.75. The Morgan fingerprint density at radius 2 is 1.95 bits per heavy atom. The van der Waals surface area contributed by atoms with Crippen LogP contribution in [-0.4, -0.2) is 40.6 Å². The third-order valence-corrected chi connectivity index (χ3v) is 2.87. The van der Waals surface area contributed by atoms with Gasteiger partial charge in [-0.1, -0.05) is 6.07 Å². The van der Waals surface area contributed by atoms with Crippen LogP contribution in [0, 0.1) is 5.82 Å². The maximum absolute atomic E-state index is 13.4. The Kier molecular flexibility index (Phi) is 8.95. The molecule has 1 N–H and O–H groups in total. The second-order valence-electron chi connectivity index (χ2n) is 4.46. The Morgan fingerprint density at radius 3 is 2.65 bits per heavy atom. The molecule has 1 aromatic rings. The van der Waals surface area contributed by atoms with Crippen LogP contribution >= 0.6 is 0 Å². The zero-order valence-electron chi connectivity index (χ0n) is 12.3. The monoisotopic (exact) mass is 285 g/mol. The van der Waals surface area contributed by atoms with Gasteiger partial charge in [0.05, 0.1) is 20.3 Å². The van der Waals surface area contributed by atoms with Gasteiger partial charge in [0.2, 0.25) is 0 Å². The molecule has 0 unspecified atom stereocenters. The van der Waals surface area contributed by atoms with Crippen LogP contribution in [-0.2, 0) is 16.0 Å². The average Bonchev–Trinajstić information content (AvgIpc) is 2.46. The maximum atomic E-state index is 13.4. The lowest BCUT2D eigenvalue weighted by molar-refractivity contribution is 0.0688. The molecule has 1 rings (SSSR count). The first-order valence-corrected chi connectivity index (χ1v) is 6.87. The SMILES string of the molecule is COCCOCCCCNCc1ccc(OC)c(F)c1. The predicted molar refractivity (Wildman–Crippen MR) is 76.6 cm³/mol. The van der Waals surface area contributed by atoms with E-state index in [1.807, 2.05) is 6.07 Å². The molecule has 0 heterocycles. The van der Waals surface area contributed by atoms with Crippen LogP contribution in [0.15, 0.2) is 18.2 Å². The van der Waals surface area contributed by atoms with Crippen molar-refractivity contribution < 1.29 is 18.6 Å². The molecular weight excluding hydrogens is 261 g/mol. The molecule has 0 spiro atoms. The number of benzene rings is 1. The smallest absolute Gasteiger partial charge is 0.165 e. The van der Waals surface area contributed by atoms with Gasteiger partial charge in [0.15, 0.2) is 11.6 Å². The van der Waals surface area contributed by atoms with Crippen molar-refractivity contribution in [2.75, 3.05) is 40.6 Å². The number of rotatable bonds is 11. The highest BCUT2D eigenvalue weighted by Gasteiger charge is 2.02. The van der Waals surface area contributed by atoms with E-state index in [0.29, 0.717) is 19.8 Å². The molecular formula is C15H24FNO3. The molecule has 0 aliphatic carbocycles. The minimum Gasteiger partial charge on any atom is -0.494 e. The molecule has 5 heteroatoms. The van der Waals surface area contributed by atoms with Crippen molar-refractivity contribution in [3.05, 3.63) is 29.6 Å². The Balaban J connectivity index is 2.05. The summed E-state index contributed by atoms with van der Waals surface area (Å²) in [6.07, 6.45) is 2.04. The van der Waals surface area contributed by atoms with Crippen molar-refractivity contribution in [3.8, 4) is 5.75 Å². The summed E-state index contributed by atoms with van der Waals surface area (Å²) in [7, 11) is 3.13. The van der Waals surface area contributed by atoms with E-state index in [-0.39, 0.29) is 11.6 Å². The quantitative estimate of drug-likeness (QED) is 0.634. The highest BCUT2D eigenvalue weighted by molar-refractivity contribution is 5.29. The molecule has 20 heavy (non-hydrogen) atoms. The van der Waals surface area contributed by atoms with Gasteiger partial charge in [-0.05, 0) is 37.1 Å². The van der Waals surface area contributed by atoms with Crippen molar-refractivity contribution in [2.24, 2.45) is 0 Å². The van der Waals surface area contributed by atoms with Crippen LogP contribution in [0.4, 0.5) is 4.39 Å². The number of nitrogens with one attached hydrogen (secondary N) is 1. The molecule has 114 valence electrons.